The van der Waals surface area contributed by atoms with Gasteiger partial charge in [0.1, 0.15) is 29.0 Å². The molecule has 0 atom stereocenters. The molecule has 0 aliphatic carbocycles. The van der Waals surface area contributed by atoms with Crippen LogP contribution in [-0.2, 0) is 17.9 Å². The maximum Gasteiger partial charge on any atom is 0.263 e. The number of amides is 1. The molecule has 1 N–H and O–H groups in total. The van der Waals surface area contributed by atoms with Gasteiger partial charge >= 0.3 is 0 Å². The zero-order valence-electron chi connectivity index (χ0n) is 18.6. The number of hydrogen-bond acceptors (Lipinski definition) is 5. The Morgan fingerprint density at radius 3 is 2.69 bits per heavy atom. The maximum absolute atomic E-state index is 12.2. The number of rotatable bonds is 8. The number of carbonyl (C=O) groups is 1. The molecule has 0 unspecified atom stereocenters. The van der Waals surface area contributed by atoms with Crippen molar-refractivity contribution in [3.05, 3.63) is 99.5 Å². The fraction of sp³-hybridized carbons (Fsp3) is 0.111. The van der Waals surface area contributed by atoms with E-state index in [1.165, 1.54) is 22.7 Å². The van der Waals surface area contributed by atoms with Gasteiger partial charge in [-0.25, -0.2) is 0 Å². The van der Waals surface area contributed by atoms with Gasteiger partial charge in [0.15, 0.2) is 0 Å². The van der Waals surface area contributed by atoms with E-state index in [9.17, 15) is 4.79 Å². The quantitative estimate of drug-likeness (QED) is 0.194. The van der Waals surface area contributed by atoms with Gasteiger partial charge in [0.25, 0.3) is 5.91 Å². The van der Waals surface area contributed by atoms with E-state index in [-0.39, 0.29) is 5.91 Å². The van der Waals surface area contributed by atoms with Crippen molar-refractivity contribution in [1.29, 1.82) is 0 Å². The van der Waals surface area contributed by atoms with Gasteiger partial charge in [-0.3, -0.25) is 4.79 Å². The van der Waals surface area contributed by atoms with E-state index < -0.39 is 0 Å². The highest BCUT2D eigenvalue weighted by Gasteiger charge is 2.22. The zero-order chi connectivity index (χ0) is 24.2. The van der Waals surface area contributed by atoms with E-state index in [4.69, 9.17) is 21.7 Å². The Bertz CT molecular complexity index is 1450. The molecule has 8 heteroatoms. The number of fused-ring (bicyclic) bond motifs is 1. The van der Waals surface area contributed by atoms with Gasteiger partial charge in [-0.05, 0) is 41.8 Å². The Morgan fingerprint density at radius 1 is 1.03 bits per heavy atom. The normalized spacial score (nSPS) is 14.5. The summed E-state index contributed by atoms with van der Waals surface area (Å²) in [5.41, 5.74) is 2.98. The van der Waals surface area contributed by atoms with Crippen molar-refractivity contribution >= 4 is 67.1 Å². The van der Waals surface area contributed by atoms with Crippen LogP contribution in [0.5, 0.6) is 11.5 Å². The van der Waals surface area contributed by atoms with Crippen LogP contribution >= 0.6 is 39.9 Å². The summed E-state index contributed by atoms with van der Waals surface area (Å²) in [4.78, 5) is 12.7. The maximum atomic E-state index is 12.2. The third-order valence-corrected chi connectivity index (χ3v) is 7.47. The number of hydrogen-bond donors (Lipinski definition) is 1. The van der Waals surface area contributed by atoms with Crippen molar-refractivity contribution in [2.75, 3.05) is 6.61 Å². The largest absolute Gasteiger partial charge is 0.492 e. The fourth-order valence-electron chi connectivity index (χ4n) is 3.78. The summed E-state index contributed by atoms with van der Waals surface area (Å²) in [5.74, 6) is 1.13. The summed E-state index contributed by atoms with van der Waals surface area (Å²) in [6.45, 7) is 1.60. The topological polar surface area (TPSA) is 52.5 Å². The predicted molar refractivity (Wildman–Crippen MR) is 149 cm³/mol. The number of thiocarbonyl (C=S) groups is 1. The fourth-order valence-corrected chi connectivity index (χ4v) is 5.21. The number of nitrogens with one attached hydrogen (secondary N) is 1. The Kier molecular flexibility index (Phi) is 7.22. The van der Waals surface area contributed by atoms with Crippen molar-refractivity contribution in [2.45, 2.75) is 13.2 Å². The molecule has 5 rings (SSSR count). The lowest BCUT2D eigenvalue weighted by atomic mass is 10.1. The molecule has 1 fully saturated rings. The highest BCUT2D eigenvalue weighted by molar-refractivity contribution is 9.10. The van der Waals surface area contributed by atoms with Gasteiger partial charge < -0.3 is 19.4 Å². The van der Waals surface area contributed by atoms with Crippen molar-refractivity contribution in [3.63, 3.8) is 0 Å². The van der Waals surface area contributed by atoms with Crippen LogP contribution in [0.3, 0.4) is 0 Å². The van der Waals surface area contributed by atoms with Gasteiger partial charge in [0.2, 0.25) is 0 Å². The van der Waals surface area contributed by atoms with Gasteiger partial charge in [0.05, 0.1) is 11.4 Å². The smallest absolute Gasteiger partial charge is 0.263 e. The van der Waals surface area contributed by atoms with E-state index in [1.54, 1.807) is 6.08 Å². The van der Waals surface area contributed by atoms with Crippen LogP contribution in [0.1, 0.15) is 11.1 Å². The minimum Gasteiger partial charge on any atom is -0.492 e. The number of nitrogens with zero attached hydrogens (tertiary/aromatic N) is 1. The van der Waals surface area contributed by atoms with Crippen molar-refractivity contribution in [3.8, 4) is 11.5 Å². The standard InChI is InChI=1S/C27H21BrN2O3S2/c28-22-7-3-1-6-20(22)17-33-24-16-21(10-9-19(24)15-25-26(31)29-27(34)35-25)32-14-13-30-12-11-18-5-2-4-8-23(18)30/h1-12,15-16H,13-14,17H2,(H,29,31,34). The predicted octanol–water partition coefficient (Wildman–Crippen LogP) is 6.55. The number of carbonyl (C=O) groups excluding carboxylic acids is 1. The molecule has 1 saturated heterocycles. The summed E-state index contributed by atoms with van der Waals surface area (Å²) in [7, 11) is 0. The molecule has 1 amide bonds. The summed E-state index contributed by atoms with van der Waals surface area (Å²) < 4.78 is 15.9. The van der Waals surface area contributed by atoms with Gasteiger partial charge in [0, 0.05) is 33.4 Å². The first-order valence-electron chi connectivity index (χ1n) is 11.0. The first-order valence-corrected chi connectivity index (χ1v) is 13.0. The molecule has 176 valence electrons. The Balaban J connectivity index is 1.35. The van der Waals surface area contributed by atoms with Crippen LogP contribution in [0.25, 0.3) is 17.0 Å². The lowest BCUT2D eigenvalue weighted by molar-refractivity contribution is -0.115. The SMILES string of the molecule is O=C1NC(=S)SC1=Cc1ccc(OCCn2ccc3ccccc32)cc1OCc1ccccc1Br. The molecule has 0 bridgehead atoms. The number of para-hydroxylation sites is 1. The summed E-state index contributed by atoms with van der Waals surface area (Å²) in [6, 6.07) is 24.0. The summed E-state index contributed by atoms with van der Waals surface area (Å²) in [5, 5.41) is 3.86. The van der Waals surface area contributed by atoms with Gasteiger partial charge in [-0.1, -0.05) is 76.3 Å². The van der Waals surface area contributed by atoms with Gasteiger partial charge in [-0.15, -0.1) is 0 Å². The van der Waals surface area contributed by atoms with Gasteiger partial charge in [-0.2, -0.15) is 0 Å². The average molecular weight is 566 g/mol. The molecule has 4 aromatic rings. The number of benzene rings is 3. The highest BCUT2D eigenvalue weighted by Crippen LogP contribution is 2.32. The van der Waals surface area contributed by atoms with Crippen LogP contribution in [0.15, 0.2) is 88.4 Å². The van der Waals surface area contributed by atoms with Crippen molar-refractivity contribution < 1.29 is 14.3 Å². The third-order valence-electron chi connectivity index (χ3n) is 5.54. The minimum atomic E-state index is -0.198. The molecule has 1 aliphatic rings. The van der Waals surface area contributed by atoms with Crippen LogP contribution in [0.4, 0.5) is 0 Å². The van der Waals surface area contributed by atoms with Crippen molar-refractivity contribution in [2.24, 2.45) is 0 Å². The molecule has 0 spiro atoms. The van der Waals surface area contributed by atoms with E-state index in [0.29, 0.717) is 33.9 Å². The van der Waals surface area contributed by atoms with E-state index in [2.05, 4.69) is 50.2 Å². The summed E-state index contributed by atoms with van der Waals surface area (Å²) in [6.07, 6.45) is 3.87. The Hall–Kier alpha value is -3.07. The first kappa shape index (κ1) is 23.7. The average Bonchev–Trinajstić information content (AvgIpc) is 3.41. The van der Waals surface area contributed by atoms with Crippen LogP contribution in [0.2, 0.25) is 0 Å². The monoisotopic (exact) mass is 564 g/mol. The molecule has 2 heterocycles. The number of aromatic nitrogens is 1. The van der Waals surface area contributed by atoms with Crippen LogP contribution in [-0.4, -0.2) is 21.4 Å². The molecule has 1 aromatic heterocycles. The zero-order valence-corrected chi connectivity index (χ0v) is 21.8. The molecule has 1 aliphatic heterocycles. The van der Waals surface area contributed by atoms with Crippen LogP contribution in [0, 0.1) is 0 Å². The molecule has 0 radical (unpaired) electrons. The molecular formula is C27H21BrN2O3S2. The Labute approximate surface area is 221 Å². The lowest BCUT2D eigenvalue weighted by Crippen LogP contribution is -2.17. The second kappa shape index (κ2) is 10.7. The molecule has 3 aromatic carbocycles. The number of ether oxygens (including phenoxy) is 2. The second-order valence-corrected chi connectivity index (χ2v) is 10.4. The highest BCUT2D eigenvalue weighted by atomic mass is 79.9. The van der Waals surface area contributed by atoms with E-state index in [1.807, 2.05) is 54.6 Å². The van der Waals surface area contributed by atoms with Crippen molar-refractivity contribution in [1.82, 2.24) is 9.88 Å². The van der Waals surface area contributed by atoms with E-state index in [0.717, 1.165) is 22.1 Å². The summed E-state index contributed by atoms with van der Waals surface area (Å²) >= 11 is 9.93. The number of halogens is 1. The minimum absolute atomic E-state index is 0.198. The lowest BCUT2D eigenvalue weighted by Gasteiger charge is -2.14. The second-order valence-electron chi connectivity index (χ2n) is 7.85. The van der Waals surface area contributed by atoms with E-state index >= 15 is 0 Å². The molecule has 0 saturated carbocycles. The van der Waals surface area contributed by atoms with Crippen LogP contribution < -0.4 is 14.8 Å². The molecular weight excluding hydrogens is 544 g/mol. The molecule has 35 heavy (non-hydrogen) atoms. The first-order chi connectivity index (χ1) is 17.1. The number of thioether (sulfide) groups is 1. The third kappa shape index (κ3) is 5.61. The Morgan fingerprint density at radius 2 is 1.86 bits per heavy atom. The molecule has 5 nitrogen and oxygen atoms in total.